The third kappa shape index (κ3) is 3.70. The number of aliphatic hydroxyl groups excluding tert-OH is 1. The predicted octanol–water partition coefficient (Wildman–Crippen LogP) is -0.751. The Bertz CT molecular complexity index is 508. The Morgan fingerprint density at radius 2 is 2.11 bits per heavy atom. The van der Waals surface area contributed by atoms with Crippen LogP contribution in [0.25, 0.3) is 0 Å². The molecule has 0 aliphatic carbocycles. The Balaban J connectivity index is 2.56. The molecular weight excluding hydrogens is 240 g/mol. The highest BCUT2D eigenvalue weighted by atomic mass is 16.4. The summed E-state index contributed by atoms with van der Waals surface area (Å²) in [6.45, 7) is 1.66. The maximum absolute atomic E-state index is 11.6. The number of pyridine rings is 1. The van der Waals surface area contributed by atoms with E-state index in [-0.39, 0.29) is 18.5 Å². The summed E-state index contributed by atoms with van der Waals surface area (Å²) in [4.78, 5) is 35.8. The molecule has 0 bridgehead atoms. The van der Waals surface area contributed by atoms with Crippen LogP contribution >= 0.6 is 0 Å². The minimum Gasteiger partial charge on any atom is -0.479 e. The zero-order chi connectivity index (χ0) is 13.7. The molecule has 7 nitrogen and oxygen atoms in total. The number of aryl methyl sites for hydroxylation is 1. The highest BCUT2D eigenvalue weighted by Crippen LogP contribution is 1.95. The Morgan fingerprint density at radius 1 is 1.44 bits per heavy atom. The molecule has 1 heterocycles. The highest BCUT2D eigenvalue weighted by molar-refractivity contribution is 5.93. The Kier molecular flexibility index (Phi) is 4.61. The van der Waals surface area contributed by atoms with Crippen LogP contribution in [0, 0.1) is 6.92 Å². The molecule has 0 fully saturated rings. The molecule has 4 N–H and O–H groups in total. The van der Waals surface area contributed by atoms with Crippen molar-refractivity contribution in [1.29, 1.82) is 0 Å². The fourth-order valence-electron chi connectivity index (χ4n) is 1.29. The number of carboxylic acid groups (broad SMARTS) is 1. The molecule has 0 radical (unpaired) electrons. The average Bonchev–Trinajstić information content (AvgIpc) is 2.28. The van der Waals surface area contributed by atoms with Crippen molar-refractivity contribution in [3.05, 3.63) is 33.7 Å². The largest absolute Gasteiger partial charge is 0.479 e. The van der Waals surface area contributed by atoms with E-state index in [2.05, 4.69) is 10.3 Å². The monoisotopic (exact) mass is 254 g/mol. The van der Waals surface area contributed by atoms with Gasteiger partial charge in [0, 0.05) is 18.7 Å². The first-order valence-electron chi connectivity index (χ1n) is 5.31. The number of carbonyl (C=O) groups excluding carboxylic acids is 1. The van der Waals surface area contributed by atoms with Gasteiger partial charge in [-0.1, -0.05) is 0 Å². The average molecular weight is 254 g/mol. The molecule has 0 aliphatic rings. The smallest absolute Gasteiger partial charge is 0.332 e. The van der Waals surface area contributed by atoms with Crippen molar-refractivity contribution in [2.45, 2.75) is 19.4 Å². The number of rotatable bonds is 5. The Labute approximate surface area is 102 Å². The standard InChI is InChI=1S/C11H14N2O5/c1-6-2-3-7(10(16)13-6)9(15)12-5-4-8(14)11(17)18/h2-3,8,14H,4-5H2,1H3,(H,12,15)(H,13,16)(H,17,18). The number of aliphatic hydroxyl groups is 1. The maximum Gasteiger partial charge on any atom is 0.332 e. The van der Waals surface area contributed by atoms with E-state index in [1.165, 1.54) is 6.07 Å². The summed E-state index contributed by atoms with van der Waals surface area (Å²) in [6, 6.07) is 2.97. The fraction of sp³-hybridized carbons (Fsp3) is 0.364. The summed E-state index contributed by atoms with van der Waals surface area (Å²) < 4.78 is 0. The van der Waals surface area contributed by atoms with Crippen LogP contribution in [0.3, 0.4) is 0 Å². The molecule has 1 aromatic heterocycles. The van der Waals surface area contributed by atoms with Gasteiger partial charge < -0.3 is 20.5 Å². The van der Waals surface area contributed by atoms with Crippen molar-refractivity contribution in [3.8, 4) is 0 Å². The van der Waals surface area contributed by atoms with Gasteiger partial charge in [0.25, 0.3) is 11.5 Å². The van der Waals surface area contributed by atoms with Crippen LogP contribution < -0.4 is 10.9 Å². The number of carboxylic acids is 1. The van der Waals surface area contributed by atoms with Gasteiger partial charge >= 0.3 is 5.97 Å². The molecule has 18 heavy (non-hydrogen) atoms. The minimum atomic E-state index is -1.53. The Morgan fingerprint density at radius 3 is 2.67 bits per heavy atom. The summed E-state index contributed by atoms with van der Waals surface area (Å²) >= 11 is 0. The molecule has 0 saturated carbocycles. The normalized spacial score (nSPS) is 11.9. The fourth-order valence-corrected chi connectivity index (χ4v) is 1.29. The summed E-state index contributed by atoms with van der Waals surface area (Å²) in [5.74, 6) is -1.95. The molecule has 1 rings (SSSR count). The molecule has 1 unspecified atom stereocenters. The number of hydrogen-bond acceptors (Lipinski definition) is 4. The number of aromatic nitrogens is 1. The van der Waals surface area contributed by atoms with Gasteiger partial charge in [-0.25, -0.2) is 4.79 Å². The topological polar surface area (TPSA) is 119 Å². The summed E-state index contributed by atoms with van der Waals surface area (Å²) in [5, 5.41) is 19.8. The molecular formula is C11H14N2O5. The number of aromatic amines is 1. The van der Waals surface area contributed by atoms with Gasteiger partial charge in [-0.05, 0) is 19.1 Å². The van der Waals surface area contributed by atoms with E-state index in [1.54, 1.807) is 13.0 Å². The zero-order valence-corrected chi connectivity index (χ0v) is 9.77. The molecule has 0 aromatic carbocycles. The van der Waals surface area contributed by atoms with E-state index in [9.17, 15) is 14.4 Å². The lowest BCUT2D eigenvalue weighted by Crippen LogP contribution is -2.33. The zero-order valence-electron chi connectivity index (χ0n) is 9.77. The molecule has 1 amide bonds. The lowest BCUT2D eigenvalue weighted by Gasteiger charge is -2.07. The van der Waals surface area contributed by atoms with Crippen molar-refractivity contribution in [2.24, 2.45) is 0 Å². The van der Waals surface area contributed by atoms with Gasteiger partial charge in [0.05, 0.1) is 0 Å². The van der Waals surface area contributed by atoms with Crippen LogP contribution in [0.2, 0.25) is 0 Å². The molecule has 1 atom stereocenters. The van der Waals surface area contributed by atoms with E-state index in [0.29, 0.717) is 5.69 Å². The highest BCUT2D eigenvalue weighted by Gasteiger charge is 2.14. The third-order valence-corrected chi connectivity index (χ3v) is 2.29. The molecule has 7 heteroatoms. The van der Waals surface area contributed by atoms with E-state index >= 15 is 0 Å². The lowest BCUT2D eigenvalue weighted by atomic mass is 10.2. The van der Waals surface area contributed by atoms with Gasteiger partial charge in [-0.2, -0.15) is 0 Å². The van der Waals surface area contributed by atoms with Crippen molar-refractivity contribution in [2.75, 3.05) is 6.54 Å². The molecule has 0 aliphatic heterocycles. The third-order valence-electron chi connectivity index (χ3n) is 2.29. The maximum atomic E-state index is 11.6. The van der Waals surface area contributed by atoms with Crippen LogP contribution in [0.4, 0.5) is 0 Å². The quantitative estimate of drug-likeness (QED) is 0.551. The van der Waals surface area contributed by atoms with Gasteiger partial charge in [-0.15, -0.1) is 0 Å². The number of aliphatic carboxylic acids is 1. The number of nitrogens with one attached hydrogen (secondary N) is 2. The van der Waals surface area contributed by atoms with E-state index in [1.807, 2.05) is 0 Å². The van der Waals surface area contributed by atoms with Gasteiger partial charge in [0.1, 0.15) is 5.56 Å². The second-order valence-electron chi connectivity index (χ2n) is 3.78. The molecule has 0 saturated heterocycles. The molecule has 0 spiro atoms. The van der Waals surface area contributed by atoms with Crippen molar-refractivity contribution >= 4 is 11.9 Å². The van der Waals surface area contributed by atoms with Crippen LogP contribution in [0.15, 0.2) is 16.9 Å². The molecule has 1 aromatic rings. The lowest BCUT2D eigenvalue weighted by molar-refractivity contribution is -0.146. The number of amides is 1. The first kappa shape index (κ1) is 13.9. The van der Waals surface area contributed by atoms with E-state index in [4.69, 9.17) is 10.2 Å². The van der Waals surface area contributed by atoms with Crippen molar-refractivity contribution < 1.29 is 19.8 Å². The first-order valence-corrected chi connectivity index (χ1v) is 5.31. The number of hydrogen-bond donors (Lipinski definition) is 4. The van der Waals surface area contributed by atoms with E-state index < -0.39 is 23.5 Å². The summed E-state index contributed by atoms with van der Waals surface area (Å²) in [7, 11) is 0. The van der Waals surface area contributed by atoms with Crippen LogP contribution in [-0.4, -0.2) is 39.7 Å². The summed E-state index contributed by atoms with van der Waals surface area (Å²) in [6.07, 6.45) is -1.65. The second-order valence-corrected chi connectivity index (χ2v) is 3.78. The number of H-pyrrole nitrogens is 1. The Hall–Kier alpha value is -2.15. The summed E-state index contributed by atoms with van der Waals surface area (Å²) in [5.41, 5.74) is 0.0783. The van der Waals surface area contributed by atoms with Gasteiger partial charge in [0.2, 0.25) is 0 Å². The molecule has 98 valence electrons. The van der Waals surface area contributed by atoms with Gasteiger partial charge in [0.15, 0.2) is 6.10 Å². The minimum absolute atomic E-state index is 0.0282. The van der Waals surface area contributed by atoms with E-state index in [0.717, 1.165) is 0 Å². The van der Waals surface area contributed by atoms with Crippen molar-refractivity contribution in [1.82, 2.24) is 10.3 Å². The van der Waals surface area contributed by atoms with Crippen LogP contribution in [-0.2, 0) is 4.79 Å². The van der Waals surface area contributed by atoms with Crippen LogP contribution in [0.1, 0.15) is 22.5 Å². The number of carbonyl (C=O) groups is 2. The van der Waals surface area contributed by atoms with Gasteiger partial charge in [-0.3, -0.25) is 9.59 Å². The predicted molar refractivity (Wildman–Crippen MR) is 62.4 cm³/mol. The van der Waals surface area contributed by atoms with Crippen LogP contribution in [0.5, 0.6) is 0 Å². The second kappa shape index (κ2) is 5.97. The SMILES string of the molecule is Cc1ccc(C(=O)NCCC(O)C(=O)O)c(=O)[nH]1. The van der Waals surface area contributed by atoms with Crippen molar-refractivity contribution in [3.63, 3.8) is 0 Å². The first-order chi connectivity index (χ1) is 8.41.